The molecule has 0 unspecified atom stereocenters. The summed E-state index contributed by atoms with van der Waals surface area (Å²) in [5, 5.41) is 0. The van der Waals surface area contributed by atoms with E-state index in [1.165, 1.54) is 0 Å². The average Bonchev–Trinajstić information content (AvgIpc) is 2.79. The number of rotatable bonds is 5. The molecule has 1 aliphatic rings. The van der Waals surface area contributed by atoms with Crippen LogP contribution in [0.2, 0.25) is 0 Å². The van der Waals surface area contributed by atoms with Gasteiger partial charge in [0.2, 0.25) is 0 Å². The fourth-order valence-electron chi connectivity index (χ4n) is 2.87. The Balaban J connectivity index is 1.95. The quantitative estimate of drug-likeness (QED) is 0.792. The van der Waals surface area contributed by atoms with E-state index < -0.39 is 0 Å². The largest absolute Gasteiger partial charge is 0.497 e. The molecule has 108 valence electrons. The van der Waals surface area contributed by atoms with Crippen molar-refractivity contribution in [3.8, 4) is 5.75 Å². The van der Waals surface area contributed by atoms with Crippen LogP contribution in [0.4, 0.5) is 0 Å². The van der Waals surface area contributed by atoms with Gasteiger partial charge in [-0.15, -0.1) is 11.6 Å². The second-order valence-corrected chi connectivity index (χ2v) is 5.36. The van der Waals surface area contributed by atoms with Gasteiger partial charge in [-0.05, 0) is 31.9 Å². The van der Waals surface area contributed by atoms with E-state index >= 15 is 0 Å². The van der Waals surface area contributed by atoms with Gasteiger partial charge in [-0.2, -0.15) is 0 Å². The monoisotopic (exact) mass is 294 g/mol. The van der Waals surface area contributed by atoms with Crippen molar-refractivity contribution >= 4 is 22.6 Å². The zero-order valence-corrected chi connectivity index (χ0v) is 12.6. The van der Waals surface area contributed by atoms with E-state index in [2.05, 4.69) is 9.55 Å². The topological polar surface area (TPSA) is 36.3 Å². The molecule has 0 aliphatic heterocycles. The Morgan fingerprint density at radius 3 is 2.85 bits per heavy atom. The maximum Gasteiger partial charge on any atom is 0.125 e. The SMILES string of the molecule is CCOC1CC(n2c(CCl)nc3ccc(OC)cc32)C1. The van der Waals surface area contributed by atoms with E-state index in [4.69, 9.17) is 21.1 Å². The molecule has 0 N–H and O–H groups in total. The lowest BCUT2D eigenvalue weighted by atomic mass is 9.88. The molecule has 0 bridgehead atoms. The van der Waals surface area contributed by atoms with Crippen LogP contribution < -0.4 is 4.74 Å². The first kappa shape index (κ1) is 13.7. The van der Waals surface area contributed by atoms with Crippen LogP contribution in [0.5, 0.6) is 5.75 Å². The second-order valence-electron chi connectivity index (χ2n) is 5.09. The Morgan fingerprint density at radius 2 is 2.20 bits per heavy atom. The molecule has 1 saturated carbocycles. The van der Waals surface area contributed by atoms with E-state index in [1.807, 2.05) is 25.1 Å². The molecule has 0 atom stereocenters. The molecule has 0 amide bonds. The Labute approximate surface area is 123 Å². The van der Waals surface area contributed by atoms with Gasteiger partial charge < -0.3 is 14.0 Å². The molecule has 1 aliphatic carbocycles. The lowest BCUT2D eigenvalue weighted by Gasteiger charge is -2.36. The normalized spacial score (nSPS) is 21.9. The Bertz CT molecular complexity index is 605. The van der Waals surface area contributed by atoms with Crippen molar-refractivity contribution in [2.75, 3.05) is 13.7 Å². The summed E-state index contributed by atoms with van der Waals surface area (Å²) < 4.78 is 13.2. The number of hydrogen-bond donors (Lipinski definition) is 0. The van der Waals surface area contributed by atoms with Crippen LogP contribution in [0.25, 0.3) is 11.0 Å². The third kappa shape index (κ3) is 2.27. The van der Waals surface area contributed by atoms with Crippen molar-refractivity contribution < 1.29 is 9.47 Å². The molecule has 1 fully saturated rings. The molecule has 3 rings (SSSR count). The minimum Gasteiger partial charge on any atom is -0.497 e. The number of fused-ring (bicyclic) bond motifs is 1. The molecular weight excluding hydrogens is 276 g/mol. The molecule has 4 nitrogen and oxygen atoms in total. The summed E-state index contributed by atoms with van der Waals surface area (Å²) in [6.07, 6.45) is 2.43. The first-order valence-corrected chi connectivity index (χ1v) is 7.52. The second kappa shape index (κ2) is 5.62. The number of methoxy groups -OCH3 is 1. The van der Waals surface area contributed by atoms with Crippen LogP contribution in [0.15, 0.2) is 18.2 Å². The standard InChI is InChI=1S/C15H19ClN2O2/c1-3-20-12-6-10(7-12)18-14-8-11(19-2)4-5-13(14)17-15(18)9-16/h4-5,8,10,12H,3,6-7,9H2,1-2H3. The maximum absolute atomic E-state index is 6.05. The van der Waals surface area contributed by atoms with Gasteiger partial charge in [-0.3, -0.25) is 0 Å². The van der Waals surface area contributed by atoms with Crippen LogP contribution in [0.1, 0.15) is 31.6 Å². The molecule has 5 heteroatoms. The van der Waals surface area contributed by atoms with Gasteiger partial charge in [0, 0.05) is 18.7 Å². The minimum absolute atomic E-state index is 0.372. The van der Waals surface area contributed by atoms with Gasteiger partial charge in [0.1, 0.15) is 11.6 Å². The maximum atomic E-state index is 6.05. The van der Waals surface area contributed by atoms with Gasteiger partial charge >= 0.3 is 0 Å². The van der Waals surface area contributed by atoms with Gasteiger partial charge in [0.15, 0.2) is 0 Å². The number of benzene rings is 1. The summed E-state index contributed by atoms with van der Waals surface area (Å²) in [6, 6.07) is 6.38. The van der Waals surface area contributed by atoms with Gasteiger partial charge in [-0.1, -0.05) is 0 Å². The first-order chi connectivity index (χ1) is 9.76. The minimum atomic E-state index is 0.372. The number of aromatic nitrogens is 2. The predicted molar refractivity (Wildman–Crippen MR) is 79.5 cm³/mol. The van der Waals surface area contributed by atoms with Crippen LogP contribution >= 0.6 is 11.6 Å². The van der Waals surface area contributed by atoms with Crippen molar-refractivity contribution in [1.82, 2.24) is 9.55 Å². The van der Waals surface area contributed by atoms with E-state index in [0.29, 0.717) is 18.0 Å². The Morgan fingerprint density at radius 1 is 1.40 bits per heavy atom. The highest BCUT2D eigenvalue weighted by Crippen LogP contribution is 2.38. The zero-order chi connectivity index (χ0) is 14.1. The van der Waals surface area contributed by atoms with E-state index in [0.717, 1.165) is 42.1 Å². The third-order valence-corrected chi connectivity index (χ3v) is 4.17. The number of imidazole rings is 1. The van der Waals surface area contributed by atoms with Crippen LogP contribution in [0.3, 0.4) is 0 Å². The highest BCUT2D eigenvalue weighted by molar-refractivity contribution is 6.16. The number of halogens is 1. The van der Waals surface area contributed by atoms with E-state index in [1.54, 1.807) is 7.11 Å². The summed E-state index contributed by atoms with van der Waals surface area (Å²) in [6.45, 7) is 2.81. The van der Waals surface area contributed by atoms with Crippen molar-refractivity contribution in [2.45, 2.75) is 37.8 Å². The average molecular weight is 295 g/mol. The highest BCUT2D eigenvalue weighted by atomic mass is 35.5. The first-order valence-electron chi connectivity index (χ1n) is 6.99. The highest BCUT2D eigenvalue weighted by Gasteiger charge is 2.33. The molecule has 1 heterocycles. The van der Waals surface area contributed by atoms with E-state index in [9.17, 15) is 0 Å². The fourth-order valence-corrected chi connectivity index (χ4v) is 3.06. The van der Waals surface area contributed by atoms with Crippen molar-refractivity contribution in [1.29, 1.82) is 0 Å². The van der Waals surface area contributed by atoms with Gasteiger partial charge in [0.25, 0.3) is 0 Å². The Hall–Kier alpha value is -1.26. The molecule has 1 aromatic carbocycles. The summed E-state index contributed by atoms with van der Waals surface area (Å²) in [4.78, 5) is 4.62. The van der Waals surface area contributed by atoms with Gasteiger partial charge in [-0.25, -0.2) is 4.98 Å². The molecule has 1 aromatic heterocycles. The Kier molecular flexibility index (Phi) is 3.85. The summed E-state index contributed by atoms with van der Waals surface area (Å²) in [5.74, 6) is 2.20. The molecule has 0 spiro atoms. The lowest BCUT2D eigenvalue weighted by Crippen LogP contribution is -2.34. The van der Waals surface area contributed by atoms with Crippen molar-refractivity contribution in [3.05, 3.63) is 24.0 Å². The number of alkyl halides is 1. The zero-order valence-electron chi connectivity index (χ0n) is 11.8. The number of nitrogens with zero attached hydrogens (tertiary/aromatic N) is 2. The van der Waals surface area contributed by atoms with Gasteiger partial charge in [0.05, 0.1) is 30.1 Å². The number of ether oxygens (including phenoxy) is 2. The summed E-state index contributed by atoms with van der Waals surface area (Å²) in [5.41, 5.74) is 2.07. The van der Waals surface area contributed by atoms with Crippen LogP contribution in [-0.4, -0.2) is 29.4 Å². The molecule has 20 heavy (non-hydrogen) atoms. The summed E-state index contributed by atoms with van der Waals surface area (Å²) in [7, 11) is 1.68. The molecule has 0 radical (unpaired) electrons. The molecule has 0 saturated heterocycles. The predicted octanol–water partition coefficient (Wildman–Crippen LogP) is 3.52. The molecule has 2 aromatic rings. The lowest BCUT2D eigenvalue weighted by molar-refractivity contribution is -0.0192. The summed E-state index contributed by atoms with van der Waals surface area (Å²) >= 11 is 6.05. The van der Waals surface area contributed by atoms with Crippen molar-refractivity contribution in [3.63, 3.8) is 0 Å². The number of hydrogen-bond acceptors (Lipinski definition) is 3. The molecular formula is C15H19ClN2O2. The van der Waals surface area contributed by atoms with E-state index in [-0.39, 0.29) is 0 Å². The third-order valence-electron chi connectivity index (χ3n) is 3.93. The van der Waals surface area contributed by atoms with Crippen LogP contribution in [-0.2, 0) is 10.6 Å². The fraction of sp³-hybridized carbons (Fsp3) is 0.533. The smallest absolute Gasteiger partial charge is 0.125 e. The van der Waals surface area contributed by atoms with Crippen LogP contribution in [0, 0.1) is 0 Å². The van der Waals surface area contributed by atoms with Crippen molar-refractivity contribution in [2.24, 2.45) is 0 Å².